The van der Waals surface area contributed by atoms with Crippen molar-refractivity contribution in [2.75, 3.05) is 6.54 Å². The number of carbonyl (C=O) groups excluding carboxylic acids is 2. The van der Waals surface area contributed by atoms with E-state index < -0.39 is 27.8 Å². The predicted molar refractivity (Wildman–Crippen MR) is 109 cm³/mol. The van der Waals surface area contributed by atoms with Gasteiger partial charge in [-0.25, -0.2) is 12.7 Å². The normalized spacial score (nSPS) is 19.3. The third-order valence-electron chi connectivity index (χ3n) is 5.18. The van der Waals surface area contributed by atoms with Crippen LogP contribution in [0, 0.1) is 5.92 Å². The molecule has 0 spiro atoms. The van der Waals surface area contributed by atoms with Crippen LogP contribution in [0.15, 0.2) is 95.9 Å². The molecule has 0 aromatic heterocycles. The van der Waals surface area contributed by atoms with Gasteiger partial charge < -0.3 is 0 Å². The second kappa shape index (κ2) is 7.64. The van der Waals surface area contributed by atoms with Crippen LogP contribution in [0.5, 0.6) is 0 Å². The quantitative estimate of drug-likeness (QED) is 0.481. The van der Waals surface area contributed by atoms with Gasteiger partial charge in [0, 0.05) is 18.0 Å². The van der Waals surface area contributed by atoms with Crippen molar-refractivity contribution in [2.45, 2.75) is 10.8 Å². The fraction of sp³-hybridized carbons (Fsp3) is 0.130. The van der Waals surface area contributed by atoms with Crippen LogP contribution in [-0.4, -0.2) is 31.0 Å². The second-order valence-corrected chi connectivity index (χ2v) is 8.77. The molecule has 6 heteroatoms. The Morgan fingerprint density at radius 3 is 1.90 bits per heavy atom. The van der Waals surface area contributed by atoms with Crippen molar-refractivity contribution < 1.29 is 18.0 Å². The molecule has 5 nitrogen and oxygen atoms in total. The third kappa shape index (κ3) is 3.47. The van der Waals surface area contributed by atoms with Gasteiger partial charge in [0.2, 0.25) is 5.91 Å². The molecule has 0 aliphatic carbocycles. The molecule has 3 aromatic carbocycles. The van der Waals surface area contributed by atoms with Gasteiger partial charge in [-0.05, 0) is 17.7 Å². The minimum Gasteiger partial charge on any atom is -0.293 e. The van der Waals surface area contributed by atoms with Gasteiger partial charge in [0.05, 0.1) is 4.90 Å². The maximum absolute atomic E-state index is 13.2. The zero-order chi connectivity index (χ0) is 20.4. The number of carbonyl (C=O) groups is 2. The Labute approximate surface area is 169 Å². The van der Waals surface area contributed by atoms with Crippen molar-refractivity contribution in [3.63, 3.8) is 0 Å². The topological polar surface area (TPSA) is 71.5 Å². The van der Waals surface area contributed by atoms with Crippen molar-refractivity contribution in [3.8, 4) is 0 Å². The number of sulfonamides is 1. The summed E-state index contributed by atoms with van der Waals surface area (Å²) in [7, 11) is -4.05. The lowest BCUT2D eigenvalue weighted by molar-refractivity contribution is -0.125. The number of ketones is 1. The van der Waals surface area contributed by atoms with Crippen LogP contribution in [0.25, 0.3) is 0 Å². The van der Waals surface area contributed by atoms with Crippen LogP contribution in [0.3, 0.4) is 0 Å². The Hall–Kier alpha value is -3.25. The van der Waals surface area contributed by atoms with E-state index in [1.54, 1.807) is 48.5 Å². The average molecular weight is 405 g/mol. The Bertz CT molecular complexity index is 1130. The highest BCUT2D eigenvalue weighted by Gasteiger charge is 2.50. The standard InChI is InChI=1S/C23H19NO4S/c25-22(18-12-6-2-7-13-18)21-20(17-10-4-1-5-11-17)16-24(23(21)26)29(27,28)19-14-8-3-9-15-19/h1-15,20-21H,16H2/t20-,21-/m0/s1. The van der Waals surface area contributed by atoms with E-state index in [2.05, 4.69) is 0 Å². The molecule has 2 atom stereocenters. The van der Waals surface area contributed by atoms with Gasteiger partial charge in [-0.3, -0.25) is 9.59 Å². The lowest BCUT2D eigenvalue weighted by Gasteiger charge is -2.17. The molecule has 146 valence electrons. The molecule has 1 saturated heterocycles. The highest BCUT2D eigenvalue weighted by molar-refractivity contribution is 7.89. The number of rotatable bonds is 5. The van der Waals surface area contributed by atoms with E-state index >= 15 is 0 Å². The molecule has 1 fully saturated rings. The molecule has 1 amide bonds. The maximum Gasteiger partial charge on any atom is 0.266 e. The van der Waals surface area contributed by atoms with Gasteiger partial charge in [0.1, 0.15) is 5.92 Å². The largest absolute Gasteiger partial charge is 0.293 e. The first kappa shape index (κ1) is 19.1. The number of Topliss-reactive ketones (excluding diaryl/α,β-unsaturated/α-hetero) is 1. The summed E-state index contributed by atoms with van der Waals surface area (Å²) in [5.74, 6) is -2.68. The Morgan fingerprint density at radius 1 is 0.793 bits per heavy atom. The van der Waals surface area contributed by atoms with Crippen molar-refractivity contribution in [3.05, 3.63) is 102 Å². The summed E-state index contributed by atoms with van der Waals surface area (Å²) in [6.07, 6.45) is 0. The lowest BCUT2D eigenvalue weighted by Crippen LogP contribution is -2.35. The van der Waals surface area contributed by atoms with Gasteiger partial charge in [0.25, 0.3) is 10.0 Å². The zero-order valence-corrected chi connectivity index (χ0v) is 16.3. The summed E-state index contributed by atoms with van der Waals surface area (Å²) in [5, 5.41) is 0. The molecular weight excluding hydrogens is 386 g/mol. The van der Waals surface area contributed by atoms with Crippen LogP contribution < -0.4 is 0 Å². The fourth-order valence-corrected chi connectivity index (χ4v) is 5.18. The molecule has 1 aliphatic heterocycles. The average Bonchev–Trinajstić information content (AvgIpc) is 3.13. The predicted octanol–water partition coefficient (Wildman–Crippen LogP) is 3.50. The van der Waals surface area contributed by atoms with E-state index in [0.29, 0.717) is 5.56 Å². The van der Waals surface area contributed by atoms with Gasteiger partial charge in [-0.2, -0.15) is 0 Å². The summed E-state index contributed by atoms with van der Waals surface area (Å²) < 4.78 is 27.1. The number of hydrogen-bond acceptors (Lipinski definition) is 4. The van der Waals surface area contributed by atoms with Crippen LogP contribution in [0.2, 0.25) is 0 Å². The number of nitrogens with zero attached hydrogens (tertiary/aromatic N) is 1. The van der Waals surface area contributed by atoms with Gasteiger partial charge >= 0.3 is 0 Å². The molecule has 0 saturated carbocycles. The van der Waals surface area contributed by atoms with E-state index in [9.17, 15) is 18.0 Å². The highest BCUT2D eigenvalue weighted by atomic mass is 32.2. The first-order valence-corrected chi connectivity index (χ1v) is 10.7. The Morgan fingerprint density at radius 2 is 1.31 bits per heavy atom. The van der Waals surface area contributed by atoms with Gasteiger partial charge in [-0.15, -0.1) is 0 Å². The summed E-state index contributed by atoms with van der Waals surface area (Å²) in [6, 6.07) is 25.5. The minimum absolute atomic E-state index is 0.0352. The lowest BCUT2D eigenvalue weighted by atomic mass is 9.83. The smallest absolute Gasteiger partial charge is 0.266 e. The molecule has 1 aliphatic rings. The van der Waals surface area contributed by atoms with Crippen LogP contribution in [-0.2, 0) is 14.8 Å². The van der Waals surface area contributed by atoms with E-state index in [-0.39, 0.29) is 17.2 Å². The molecule has 0 radical (unpaired) electrons. The van der Waals surface area contributed by atoms with Gasteiger partial charge in [0.15, 0.2) is 5.78 Å². The molecule has 0 bridgehead atoms. The molecule has 29 heavy (non-hydrogen) atoms. The van der Waals surface area contributed by atoms with Crippen LogP contribution in [0.1, 0.15) is 21.8 Å². The molecule has 0 N–H and O–H groups in total. The SMILES string of the molecule is O=C(c1ccccc1)[C@H]1C(=O)N(S(=O)(=O)c2ccccc2)C[C@H]1c1ccccc1. The summed E-state index contributed by atoms with van der Waals surface area (Å²) in [4.78, 5) is 26.5. The summed E-state index contributed by atoms with van der Waals surface area (Å²) in [6.45, 7) is -0.0662. The van der Waals surface area contributed by atoms with Crippen LogP contribution in [0.4, 0.5) is 0 Å². The van der Waals surface area contributed by atoms with Crippen molar-refractivity contribution >= 4 is 21.7 Å². The number of benzene rings is 3. The third-order valence-corrected chi connectivity index (χ3v) is 6.95. The fourth-order valence-electron chi connectivity index (χ4n) is 3.71. The minimum atomic E-state index is -4.05. The first-order valence-electron chi connectivity index (χ1n) is 9.26. The van der Waals surface area contributed by atoms with Crippen molar-refractivity contribution in [2.24, 2.45) is 5.92 Å². The second-order valence-electron chi connectivity index (χ2n) is 6.91. The molecular formula is C23H19NO4S. The maximum atomic E-state index is 13.2. The van der Waals surface area contributed by atoms with Crippen molar-refractivity contribution in [1.29, 1.82) is 0 Å². The Kier molecular flexibility index (Phi) is 5.03. The van der Waals surface area contributed by atoms with E-state index in [4.69, 9.17) is 0 Å². The number of hydrogen-bond donors (Lipinski definition) is 0. The van der Waals surface area contributed by atoms with E-state index in [1.165, 1.54) is 12.1 Å². The van der Waals surface area contributed by atoms with E-state index in [1.807, 2.05) is 30.3 Å². The summed E-state index contributed by atoms with van der Waals surface area (Å²) in [5.41, 5.74) is 1.16. The monoisotopic (exact) mass is 405 g/mol. The summed E-state index contributed by atoms with van der Waals surface area (Å²) >= 11 is 0. The van der Waals surface area contributed by atoms with Crippen LogP contribution >= 0.6 is 0 Å². The molecule has 1 heterocycles. The molecule has 0 unspecified atom stereocenters. The first-order chi connectivity index (χ1) is 14.0. The molecule has 4 rings (SSSR count). The van der Waals surface area contributed by atoms with E-state index in [0.717, 1.165) is 9.87 Å². The highest BCUT2D eigenvalue weighted by Crippen LogP contribution is 2.38. The Balaban J connectivity index is 1.78. The van der Waals surface area contributed by atoms with Crippen molar-refractivity contribution in [1.82, 2.24) is 4.31 Å². The van der Waals surface area contributed by atoms with Gasteiger partial charge in [-0.1, -0.05) is 78.9 Å². The molecule has 3 aromatic rings. The zero-order valence-electron chi connectivity index (χ0n) is 15.5. The number of amides is 1.